The number of aromatic nitrogens is 2. The molecule has 1 fully saturated rings. The molecule has 41 heavy (non-hydrogen) atoms. The summed E-state index contributed by atoms with van der Waals surface area (Å²) in [5.41, 5.74) is -1.000. The van der Waals surface area contributed by atoms with E-state index in [1.807, 2.05) is 30.3 Å². The van der Waals surface area contributed by atoms with Crippen molar-refractivity contribution in [2.45, 2.75) is 31.2 Å². The molecule has 1 saturated heterocycles. The van der Waals surface area contributed by atoms with Crippen molar-refractivity contribution in [3.63, 3.8) is 0 Å². The zero-order valence-corrected chi connectivity index (χ0v) is 22.3. The summed E-state index contributed by atoms with van der Waals surface area (Å²) >= 11 is 0. The summed E-state index contributed by atoms with van der Waals surface area (Å²) in [6.45, 7) is 0.675. The number of amides is 1. The highest BCUT2D eigenvalue weighted by molar-refractivity contribution is 6.04. The Morgan fingerprint density at radius 1 is 1.02 bits per heavy atom. The van der Waals surface area contributed by atoms with E-state index in [0.717, 1.165) is 5.56 Å². The third-order valence-corrected chi connectivity index (χ3v) is 7.10. The Kier molecular flexibility index (Phi) is 8.04. The van der Waals surface area contributed by atoms with Gasteiger partial charge in [0.2, 0.25) is 5.75 Å². The van der Waals surface area contributed by atoms with E-state index < -0.39 is 40.4 Å². The van der Waals surface area contributed by atoms with Gasteiger partial charge in [-0.25, -0.2) is 9.37 Å². The lowest BCUT2D eigenvalue weighted by Crippen LogP contribution is -2.47. The number of aromatic hydroxyl groups is 1. The van der Waals surface area contributed by atoms with Gasteiger partial charge in [-0.05, 0) is 23.3 Å². The van der Waals surface area contributed by atoms with Gasteiger partial charge in [0.05, 0.1) is 12.7 Å². The van der Waals surface area contributed by atoms with Crippen LogP contribution in [0.4, 0.5) is 4.39 Å². The molecular weight excluding hydrogens is 527 g/mol. The van der Waals surface area contributed by atoms with E-state index in [1.165, 1.54) is 36.2 Å². The molecule has 210 valence electrons. The van der Waals surface area contributed by atoms with Crippen molar-refractivity contribution < 1.29 is 23.8 Å². The number of ketones is 1. The summed E-state index contributed by atoms with van der Waals surface area (Å²) < 4.78 is 19.4. The summed E-state index contributed by atoms with van der Waals surface area (Å²) in [6, 6.07) is 23.8. The first-order valence-electron chi connectivity index (χ1n) is 13.1. The minimum Gasteiger partial charge on any atom is -0.501 e. The number of rotatable bonds is 9. The minimum absolute atomic E-state index is 0.0735. The van der Waals surface area contributed by atoms with Crippen LogP contribution in [0.3, 0.4) is 0 Å². The number of nitrogens with zero attached hydrogens (tertiary/aromatic N) is 2. The molecule has 0 aliphatic carbocycles. The van der Waals surface area contributed by atoms with Crippen molar-refractivity contribution >= 4 is 11.7 Å². The van der Waals surface area contributed by atoms with Crippen molar-refractivity contribution in [1.29, 1.82) is 0 Å². The smallest absolute Gasteiger partial charge is 0.294 e. The number of hydrogen-bond acceptors (Lipinski definition) is 7. The van der Waals surface area contributed by atoms with E-state index in [0.29, 0.717) is 17.7 Å². The number of aromatic amines is 1. The summed E-state index contributed by atoms with van der Waals surface area (Å²) in [6.07, 6.45) is -0.289. The average molecular weight is 557 g/mol. The van der Waals surface area contributed by atoms with E-state index in [1.54, 1.807) is 30.3 Å². The summed E-state index contributed by atoms with van der Waals surface area (Å²) in [5.74, 6) is -2.47. The molecule has 1 aromatic heterocycles. The topological polar surface area (TPSA) is 125 Å². The minimum atomic E-state index is -1.53. The van der Waals surface area contributed by atoms with Gasteiger partial charge in [-0.3, -0.25) is 19.7 Å². The van der Waals surface area contributed by atoms with E-state index in [9.17, 15) is 23.9 Å². The van der Waals surface area contributed by atoms with Crippen molar-refractivity contribution in [1.82, 2.24) is 20.2 Å². The molecule has 2 atom stereocenters. The molecule has 9 nitrogen and oxygen atoms in total. The third kappa shape index (κ3) is 5.93. The fourth-order valence-electron chi connectivity index (χ4n) is 4.91. The zero-order valence-electron chi connectivity index (χ0n) is 22.3. The largest absolute Gasteiger partial charge is 0.501 e. The molecule has 4 aromatic rings. The van der Waals surface area contributed by atoms with Gasteiger partial charge in [0, 0.05) is 32.1 Å². The van der Waals surface area contributed by atoms with Crippen LogP contribution < -0.4 is 10.9 Å². The number of halogens is 1. The molecule has 0 bridgehead atoms. The van der Waals surface area contributed by atoms with E-state index in [4.69, 9.17) is 4.74 Å². The molecule has 1 aliphatic heterocycles. The van der Waals surface area contributed by atoms with Gasteiger partial charge in [-0.1, -0.05) is 72.8 Å². The number of carbonyl (C=O) groups excluding carboxylic acids is 2. The van der Waals surface area contributed by atoms with Gasteiger partial charge in [0.25, 0.3) is 11.5 Å². The zero-order chi connectivity index (χ0) is 29.0. The number of H-pyrrole nitrogens is 1. The maximum atomic E-state index is 14.0. The molecule has 10 heteroatoms. The van der Waals surface area contributed by atoms with Crippen LogP contribution in [0.5, 0.6) is 5.75 Å². The molecule has 0 radical (unpaired) electrons. The van der Waals surface area contributed by atoms with Gasteiger partial charge in [0.15, 0.2) is 11.5 Å². The van der Waals surface area contributed by atoms with Crippen molar-refractivity contribution in [3.8, 4) is 5.75 Å². The van der Waals surface area contributed by atoms with Crippen LogP contribution in [0, 0.1) is 5.82 Å². The van der Waals surface area contributed by atoms with Crippen molar-refractivity contribution in [2.75, 3.05) is 13.6 Å². The molecule has 1 aliphatic rings. The second-order valence-electron chi connectivity index (χ2n) is 10.0. The van der Waals surface area contributed by atoms with Gasteiger partial charge >= 0.3 is 0 Å². The molecule has 2 heterocycles. The van der Waals surface area contributed by atoms with Crippen LogP contribution in [0.25, 0.3) is 0 Å². The van der Waals surface area contributed by atoms with Crippen LogP contribution >= 0.6 is 0 Å². The van der Waals surface area contributed by atoms with E-state index in [2.05, 4.69) is 15.3 Å². The van der Waals surface area contributed by atoms with Gasteiger partial charge in [-0.2, -0.15) is 0 Å². The number of hydrogen-bond donors (Lipinski definition) is 3. The molecule has 0 saturated carbocycles. The van der Waals surface area contributed by atoms with E-state index in [-0.39, 0.29) is 31.1 Å². The molecule has 5 rings (SSSR count). The molecule has 0 unspecified atom stereocenters. The average Bonchev–Trinajstić information content (AvgIpc) is 3.44. The van der Waals surface area contributed by atoms with Gasteiger partial charge in [-0.15, -0.1) is 0 Å². The number of ether oxygens (including phenoxy) is 1. The Morgan fingerprint density at radius 3 is 2.37 bits per heavy atom. The Labute approximate surface area is 235 Å². The highest BCUT2D eigenvalue weighted by atomic mass is 19.1. The second kappa shape index (κ2) is 11.8. The van der Waals surface area contributed by atoms with Crippen LogP contribution in [0.1, 0.15) is 44.2 Å². The number of Topliss-reactive ketones (excluding diaryl/α,β-unsaturated/α-hetero) is 1. The number of carbonyl (C=O) groups is 2. The molecule has 3 N–H and O–H groups in total. The van der Waals surface area contributed by atoms with Crippen LogP contribution in [-0.2, 0) is 23.4 Å². The molecule has 0 spiro atoms. The third-order valence-electron chi connectivity index (χ3n) is 7.10. The lowest BCUT2D eigenvalue weighted by Gasteiger charge is -2.28. The molecule has 3 aromatic carbocycles. The maximum absolute atomic E-state index is 14.0. The fraction of sp³-hybridized carbons (Fsp3) is 0.226. The van der Waals surface area contributed by atoms with Gasteiger partial charge < -0.3 is 19.7 Å². The first kappa shape index (κ1) is 27.9. The fourth-order valence-corrected chi connectivity index (χ4v) is 4.91. The van der Waals surface area contributed by atoms with Gasteiger partial charge in [0.1, 0.15) is 17.2 Å². The second-order valence-corrected chi connectivity index (χ2v) is 10.0. The lowest BCUT2D eigenvalue weighted by molar-refractivity contribution is 0.0468. The Balaban J connectivity index is 1.48. The SMILES string of the molecule is CN(Cc1ccc(F)cc1)C(=O)c1nc([C@]2(C(=O)c3ccccc3)C[C@@H](OCc3ccccc3)CN2)[nH]c(=O)c1O. The number of nitrogens with one attached hydrogen (secondary N) is 2. The summed E-state index contributed by atoms with van der Waals surface area (Å²) in [4.78, 5) is 48.4. The predicted octanol–water partition coefficient (Wildman–Crippen LogP) is 3.54. The normalized spacial score (nSPS) is 18.2. The number of benzene rings is 3. The quantitative estimate of drug-likeness (QED) is 0.269. The standard InChI is InChI=1S/C31H29FN4O5/c1-36(18-20-12-14-23(32)15-13-20)29(40)25-26(37)28(39)35-30(34-25)31(27(38)22-10-6-3-7-11-22)16-24(17-33-31)41-19-21-8-4-2-5-9-21/h2-15,24,33,37H,16-19H2,1H3,(H,34,35,39)/t24-,31-/m1/s1. The monoisotopic (exact) mass is 556 g/mol. The maximum Gasteiger partial charge on any atom is 0.294 e. The Bertz CT molecular complexity index is 1590. The molecular formula is C31H29FN4O5. The first-order valence-corrected chi connectivity index (χ1v) is 13.1. The predicted molar refractivity (Wildman–Crippen MR) is 149 cm³/mol. The highest BCUT2D eigenvalue weighted by Gasteiger charge is 2.50. The summed E-state index contributed by atoms with van der Waals surface area (Å²) in [5, 5.41) is 13.8. The van der Waals surface area contributed by atoms with Crippen molar-refractivity contribution in [3.05, 3.63) is 129 Å². The Hall–Kier alpha value is -4.67. The van der Waals surface area contributed by atoms with Crippen LogP contribution in [-0.4, -0.2) is 51.4 Å². The van der Waals surface area contributed by atoms with E-state index >= 15 is 0 Å². The summed E-state index contributed by atoms with van der Waals surface area (Å²) in [7, 11) is 1.47. The lowest BCUT2D eigenvalue weighted by atomic mass is 9.86. The van der Waals surface area contributed by atoms with Crippen LogP contribution in [0.2, 0.25) is 0 Å². The Morgan fingerprint density at radius 2 is 1.68 bits per heavy atom. The van der Waals surface area contributed by atoms with Crippen molar-refractivity contribution in [2.24, 2.45) is 0 Å². The highest BCUT2D eigenvalue weighted by Crippen LogP contribution is 2.34. The van der Waals surface area contributed by atoms with Crippen LogP contribution in [0.15, 0.2) is 89.7 Å². The first-order chi connectivity index (χ1) is 19.8. The molecule has 1 amide bonds.